The van der Waals surface area contributed by atoms with Crippen LogP contribution in [0.1, 0.15) is 11.1 Å². The van der Waals surface area contributed by atoms with Crippen molar-refractivity contribution in [3.8, 4) is 0 Å². The Kier molecular flexibility index (Phi) is 5.98. The molecule has 0 aliphatic heterocycles. The number of amides is 1. The summed E-state index contributed by atoms with van der Waals surface area (Å²) in [5.41, 5.74) is 2.49. The number of carbonyl (C=O) groups excluding carboxylic acids is 1. The minimum atomic E-state index is -3.65. The quantitative estimate of drug-likeness (QED) is 0.823. The van der Waals surface area contributed by atoms with Crippen molar-refractivity contribution >= 4 is 50.5 Å². The summed E-state index contributed by atoms with van der Waals surface area (Å²) < 4.78 is 25.4. The highest BCUT2D eigenvalue weighted by Gasteiger charge is 2.22. The number of aryl methyl sites for hydroxylation is 2. The third kappa shape index (κ3) is 5.11. The summed E-state index contributed by atoms with van der Waals surface area (Å²) in [5.74, 6) is -0.542. The fourth-order valence-corrected chi connectivity index (χ4v) is 3.75. The van der Waals surface area contributed by atoms with Crippen LogP contribution in [0.15, 0.2) is 36.4 Å². The molecule has 0 saturated heterocycles. The van der Waals surface area contributed by atoms with E-state index >= 15 is 0 Å². The lowest BCUT2D eigenvalue weighted by atomic mass is 10.1. The van der Waals surface area contributed by atoms with Gasteiger partial charge in [0.25, 0.3) is 0 Å². The van der Waals surface area contributed by atoms with Crippen LogP contribution < -0.4 is 9.62 Å². The Labute approximate surface area is 157 Å². The van der Waals surface area contributed by atoms with E-state index in [0.717, 1.165) is 21.7 Å². The van der Waals surface area contributed by atoms with Crippen LogP contribution >= 0.6 is 23.2 Å². The molecule has 0 spiro atoms. The van der Waals surface area contributed by atoms with E-state index in [-0.39, 0.29) is 22.3 Å². The zero-order chi connectivity index (χ0) is 18.8. The molecule has 2 aromatic rings. The van der Waals surface area contributed by atoms with Gasteiger partial charge >= 0.3 is 0 Å². The molecule has 2 rings (SSSR count). The maximum Gasteiger partial charge on any atom is 0.245 e. The smallest absolute Gasteiger partial charge is 0.245 e. The first-order chi connectivity index (χ1) is 11.6. The molecular formula is C17H18Cl2N2O3S. The predicted molar refractivity (Wildman–Crippen MR) is 103 cm³/mol. The van der Waals surface area contributed by atoms with Crippen molar-refractivity contribution in [2.75, 3.05) is 22.4 Å². The van der Waals surface area contributed by atoms with Crippen LogP contribution in [0.5, 0.6) is 0 Å². The summed E-state index contributed by atoms with van der Waals surface area (Å²) in [6.45, 7) is 3.34. The van der Waals surface area contributed by atoms with Crippen molar-refractivity contribution in [1.29, 1.82) is 0 Å². The number of hydrogen-bond donors (Lipinski definition) is 1. The highest BCUT2D eigenvalue weighted by Crippen LogP contribution is 2.30. The van der Waals surface area contributed by atoms with Gasteiger partial charge in [-0.2, -0.15) is 0 Å². The number of para-hydroxylation sites is 1. The molecule has 1 amide bonds. The first kappa shape index (κ1) is 19.6. The lowest BCUT2D eigenvalue weighted by Crippen LogP contribution is -2.37. The SMILES string of the molecule is Cc1cc(C)cc(N(CC(=O)Nc2c(Cl)cccc2Cl)S(C)(=O)=O)c1. The first-order valence-electron chi connectivity index (χ1n) is 7.38. The molecule has 0 saturated carbocycles. The van der Waals surface area contributed by atoms with Gasteiger partial charge in [-0.3, -0.25) is 9.10 Å². The summed E-state index contributed by atoms with van der Waals surface area (Å²) in [5, 5.41) is 3.12. The minimum Gasteiger partial charge on any atom is -0.322 e. The zero-order valence-electron chi connectivity index (χ0n) is 14.0. The minimum absolute atomic E-state index is 0.254. The van der Waals surface area contributed by atoms with Gasteiger partial charge in [0, 0.05) is 0 Å². The molecule has 25 heavy (non-hydrogen) atoms. The maximum absolute atomic E-state index is 12.4. The van der Waals surface area contributed by atoms with E-state index in [1.165, 1.54) is 0 Å². The molecule has 0 aliphatic carbocycles. The van der Waals surface area contributed by atoms with E-state index in [1.54, 1.807) is 30.3 Å². The van der Waals surface area contributed by atoms with Crippen LogP contribution in [0, 0.1) is 13.8 Å². The summed E-state index contributed by atoms with van der Waals surface area (Å²) in [4.78, 5) is 12.4. The first-order valence-corrected chi connectivity index (χ1v) is 9.98. The van der Waals surface area contributed by atoms with Gasteiger partial charge < -0.3 is 5.32 Å². The summed E-state index contributed by atoms with van der Waals surface area (Å²) in [6.07, 6.45) is 1.06. The van der Waals surface area contributed by atoms with Crippen molar-refractivity contribution in [3.05, 3.63) is 57.6 Å². The van der Waals surface area contributed by atoms with Crippen molar-refractivity contribution in [2.45, 2.75) is 13.8 Å². The fraction of sp³-hybridized carbons (Fsp3) is 0.235. The van der Waals surface area contributed by atoms with Crippen molar-refractivity contribution < 1.29 is 13.2 Å². The molecule has 0 bridgehead atoms. The van der Waals surface area contributed by atoms with Crippen LogP contribution in [0.25, 0.3) is 0 Å². The molecule has 8 heteroatoms. The lowest BCUT2D eigenvalue weighted by Gasteiger charge is -2.23. The Bertz CT molecular complexity index is 874. The number of halogens is 2. The highest BCUT2D eigenvalue weighted by molar-refractivity contribution is 7.92. The van der Waals surface area contributed by atoms with Gasteiger partial charge in [0.05, 0.1) is 27.7 Å². The topological polar surface area (TPSA) is 66.5 Å². The second-order valence-electron chi connectivity index (χ2n) is 5.76. The second-order valence-corrected chi connectivity index (χ2v) is 8.48. The van der Waals surface area contributed by atoms with Gasteiger partial charge in [-0.1, -0.05) is 35.3 Å². The van der Waals surface area contributed by atoms with Crippen LogP contribution in [0.2, 0.25) is 10.0 Å². The van der Waals surface area contributed by atoms with Crippen LogP contribution in [0.4, 0.5) is 11.4 Å². The van der Waals surface area contributed by atoms with Crippen molar-refractivity contribution in [1.82, 2.24) is 0 Å². The Morgan fingerprint density at radius 2 is 1.60 bits per heavy atom. The van der Waals surface area contributed by atoms with Gasteiger partial charge in [0.2, 0.25) is 15.9 Å². The van der Waals surface area contributed by atoms with E-state index in [4.69, 9.17) is 23.2 Å². The molecule has 2 aromatic carbocycles. The number of sulfonamides is 1. The normalized spacial score (nSPS) is 11.2. The molecule has 0 heterocycles. The van der Waals surface area contributed by atoms with Crippen LogP contribution in [0.3, 0.4) is 0 Å². The maximum atomic E-state index is 12.4. The Hall–Kier alpha value is -1.76. The van der Waals surface area contributed by atoms with E-state index in [0.29, 0.717) is 5.69 Å². The van der Waals surface area contributed by atoms with E-state index in [2.05, 4.69) is 5.32 Å². The van der Waals surface area contributed by atoms with E-state index in [9.17, 15) is 13.2 Å². The fourth-order valence-electron chi connectivity index (χ4n) is 2.42. The third-order valence-corrected chi connectivity index (χ3v) is 5.18. The van der Waals surface area contributed by atoms with Gasteiger partial charge in [-0.15, -0.1) is 0 Å². The molecule has 0 atom stereocenters. The van der Waals surface area contributed by atoms with Gasteiger partial charge in [0.15, 0.2) is 0 Å². The molecule has 1 N–H and O–H groups in total. The van der Waals surface area contributed by atoms with Gasteiger partial charge in [-0.25, -0.2) is 8.42 Å². The van der Waals surface area contributed by atoms with Crippen LogP contribution in [-0.4, -0.2) is 27.1 Å². The summed E-state index contributed by atoms with van der Waals surface area (Å²) >= 11 is 12.1. The number of carbonyl (C=O) groups is 1. The average Bonchev–Trinajstić information content (AvgIpc) is 2.46. The Morgan fingerprint density at radius 3 is 2.08 bits per heavy atom. The van der Waals surface area contributed by atoms with E-state index in [1.807, 2.05) is 19.9 Å². The number of anilines is 2. The molecule has 0 radical (unpaired) electrons. The molecular weight excluding hydrogens is 383 g/mol. The molecule has 0 fully saturated rings. The Morgan fingerprint density at radius 1 is 1.08 bits per heavy atom. The predicted octanol–water partition coefficient (Wildman–Crippen LogP) is 4.01. The van der Waals surface area contributed by atoms with Gasteiger partial charge in [0.1, 0.15) is 6.54 Å². The third-order valence-electron chi connectivity index (χ3n) is 3.41. The molecule has 0 aliphatic rings. The molecule has 0 unspecified atom stereocenters. The van der Waals surface area contributed by atoms with Crippen molar-refractivity contribution in [2.24, 2.45) is 0 Å². The average molecular weight is 401 g/mol. The number of nitrogens with one attached hydrogen (secondary N) is 1. The monoisotopic (exact) mass is 400 g/mol. The van der Waals surface area contributed by atoms with E-state index < -0.39 is 15.9 Å². The lowest BCUT2D eigenvalue weighted by molar-refractivity contribution is -0.114. The van der Waals surface area contributed by atoms with Crippen LogP contribution in [-0.2, 0) is 14.8 Å². The summed E-state index contributed by atoms with van der Waals surface area (Å²) in [7, 11) is -3.65. The number of hydrogen-bond acceptors (Lipinski definition) is 3. The number of nitrogens with zero attached hydrogens (tertiary/aromatic N) is 1. The van der Waals surface area contributed by atoms with Gasteiger partial charge in [-0.05, 0) is 49.2 Å². The summed E-state index contributed by atoms with van der Waals surface area (Å²) in [6, 6.07) is 10.2. The number of rotatable bonds is 5. The largest absolute Gasteiger partial charge is 0.322 e. The number of benzene rings is 2. The second kappa shape index (κ2) is 7.64. The molecule has 134 valence electrons. The zero-order valence-corrected chi connectivity index (χ0v) is 16.3. The van der Waals surface area contributed by atoms with Crippen molar-refractivity contribution in [3.63, 3.8) is 0 Å². The molecule has 0 aromatic heterocycles. The molecule has 5 nitrogen and oxygen atoms in total. The Balaban J connectivity index is 2.30. The standard InChI is InChI=1S/C17H18Cl2N2O3S/c1-11-7-12(2)9-13(8-11)21(25(3,23)24)10-16(22)20-17-14(18)5-4-6-15(17)19/h4-9H,10H2,1-3H3,(H,20,22). The highest BCUT2D eigenvalue weighted by atomic mass is 35.5.